The Morgan fingerprint density at radius 3 is 2.85 bits per heavy atom. The first-order chi connectivity index (χ1) is 9.61. The molecule has 4 unspecified atom stereocenters. The largest absolute Gasteiger partial charge is 0.381 e. The lowest BCUT2D eigenvalue weighted by atomic mass is 9.74. The minimum absolute atomic E-state index is 0.263. The summed E-state index contributed by atoms with van der Waals surface area (Å²) in [4.78, 5) is 2.60. The molecular formula is C16H19Cl2NO. The van der Waals surface area contributed by atoms with Gasteiger partial charge in [-0.05, 0) is 43.5 Å². The number of fused-ring (bicyclic) bond motifs is 1. The Hall–Kier alpha value is -0.280. The topological polar surface area (TPSA) is 12.5 Å². The molecule has 2 aliphatic heterocycles. The first kappa shape index (κ1) is 13.4. The summed E-state index contributed by atoms with van der Waals surface area (Å²) in [7, 11) is 1.86. The number of ether oxygens (including phenoxy) is 1. The van der Waals surface area contributed by atoms with Crippen LogP contribution in [0, 0.1) is 5.41 Å². The van der Waals surface area contributed by atoms with Crippen LogP contribution in [-0.4, -0.2) is 37.7 Å². The van der Waals surface area contributed by atoms with Crippen LogP contribution in [0.2, 0.25) is 10.0 Å². The summed E-state index contributed by atoms with van der Waals surface area (Å²) in [6.45, 7) is 3.54. The maximum absolute atomic E-state index is 6.24. The molecule has 1 spiro atoms. The van der Waals surface area contributed by atoms with Crippen molar-refractivity contribution in [1.29, 1.82) is 0 Å². The number of rotatable bonds is 2. The van der Waals surface area contributed by atoms with E-state index in [4.69, 9.17) is 27.9 Å². The average molecular weight is 312 g/mol. The van der Waals surface area contributed by atoms with Gasteiger partial charge in [0.15, 0.2) is 0 Å². The van der Waals surface area contributed by atoms with Crippen LogP contribution in [0.3, 0.4) is 0 Å². The number of halogens is 2. The van der Waals surface area contributed by atoms with Crippen LogP contribution in [0.5, 0.6) is 0 Å². The van der Waals surface area contributed by atoms with E-state index in [2.05, 4.69) is 17.0 Å². The molecule has 108 valence electrons. The van der Waals surface area contributed by atoms with Crippen LogP contribution in [0.25, 0.3) is 0 Å². The third-order valence-electron chi connectivity index (χ3n) is 5.89. The minimum Gasteiger partial charge on any atom is -0.381 e. The molecule has 2 bridgehead atoms. The van der Waals surface area contributed by atoms with Gasteiger partial charge in [-0.3, -0.25) is 0 Å². The summed E-state index contributed by atoms with van der Waals surface area (Å²) in [6.07, 6.45) is 3.98. The van der Waals surface area contributed by atoms with Gasteiger partial charge in [-0.15, -0.1) is 0 Å². The van der Waals surface area contributed by atoms with E-state index in [1.54, 1.807) is 0 Å². The van der Waals surface area contributed by atoms with E-state index < -0.39 is 0 Å². The quantitative estimate of drug-likeness (QED) is 0.825. The van der Waals surface area contributed by atoms with E-state index in [-0.39, 0.29) is 5.41 Å². The lowest BCUT2D eigenvalue weighted by molar-refractivity contribution is -0.0475. The van der Waals surface area contributed by atoms with Gasteiger partial charge in [0.2, 0.25) is 0 Å². The third-order valence-corrected chi connectivity index (χ3v) is 6.63. The maximum atomic E-state index is 6.24. The summed E-state index contributed by atoms with van der Waals surface area (Å²) in [6, 6.07) is 6.19. The van der Waals surface area contributed by atoms with Crippen molar-refractivity contribution in [2.45, 2.75) is 30.8 Å². The van der Waals surface area contributed by atoms with Crippen LogP contribution in [0.1, 0.15) is 24.8 Å². The molecule has 1 aromatic rings. The summed E-state index contributed by atoms with van der Waals surface area (Å²) < 4.78 is 5.84. The summed E-state index contributed by atoms with van der Waals surface area (Å²) >= 11 is 12.3. The van der Waals surface area contributed by atoms with Gasteiger partial charge in [0.05, 0.1) is 16.1 Å². The molecule has 4 atom stereocenters. The smallest absolute Gasteiger partial charge is 0.0660 e. The van der Waals surface area contributed by atoms with Gasteiger partial charge in [-0.1, -0.05) is 29.3 Å². The van der Waals surface area contributed by atoms with Crippen molar-refractivity contribution in [3.8, 4) is 0 Å². The number of piperidine rings is 2. The Balaban J connectivity index is 1.76. The van der Waals surface area contributed by atoms with Crippen LogP contribution in [-0.2, 0) is 10.2 Å². The van der Waals surface area contributed by atoms with E-state index in [1.165, 1.54) is 38.0 Å². The molecule has 1 aromatic carbocycles. The maximum Gasteiger partial charge on any atom is 0.0660 e. The highest BCUT2D eigenvalue weighted by molar-refractivity contribution is 6.42. The van der Waals surface area contributed by atoms with Crippen molar-refractivity contribution >= 4 is 23.2 Å². The van der Waals surface area contributed by atoms with Crippen molar-refractivity contribution in [3.63, 3.8) is 0 Å². The summed E-state index contributed by atoms with van der Waals surface area (Å²) in [5, 5.41) is 1.32. The second kappa shape index (κ2) is 4.36. The van der Waals surface area contributed by atoms with Crippen molar-refractivity contribution in [3.05, 3.63) is 33.8 Å². The standard InChI is InChI=1S/C16H19Cl2NO/c1-20-14-4-6-19-7-5-15(9-16(14,15)10-19)11-2-3-12(17)13(18)8-11/h2-3,8,14H,4-7,9-10H2,1H3. The van der Waals surface area contributed by atoms with Crippen LogP contribution < -0.4 is 0 Å². The lowest BCUT2D eigenvalue weighted by Gasteiger charge is -2.46. The first-order valence-electron chi connectivity index (χ1n) is 7.32. The van der Waals surface area contributed by atoms with Crippen molar-refractivity contribution in [2.24, 2.45) is 5.41 Å². The monoisotopic (exact) mass is 311 g/mol. The Morgan fingerprint density at radius 2 is 2.10 bits per heavy atom. The average Bonchev–Trinajstić information content (AvgIpc) is 3.11. The second-order valence-electron chi connectivity index (χ2n) is 6.58. The fourth-order valence-electron chi connectivity index (χ4n) is 4.83. The SMILES string of the molecule is COC1CCN2CCC3(c4ccc(Cl)c(Cl)c4)CC13C2. The number of hydrogen-bond acceptors (Lipinski definition) is 2. The van der Waals surface area contributed by atoms with Crippen LogP contribution in [0.4, 0.5) is 0 Å². The zero-order valence-electron chi connectivity index (χ0n) is 11.7. The minimum atomic E-state index is 0.263. The zero-order valence-corrected chi connectivity index (χ0v) is 13.2. The van der Waals surface area contributed by atoms with Gasteiger partial charge in [0.25, 0.3) is 0 Å². The Bertz CT molecular complexity index is 563. The Labute approximate surface area is 130 Å². The van der Waals surface area contributed by atoms with Gasteiger partial charge >= 0.3 is 0 Å². The molecule has 0 N–H and O–H groups in total. The number of methoxy groups -OCH3 is 1. The Kier molecular flexibility index (Phi) is 2.92. The molecular weight excluding hydrogens is 293 g/mol. The molecule has 4 heteroatoms. The predicted octanol–water partition coefficient (Wildman–Crippen LogP) is 3.75. The molecule has 0 radical (unpaired) electrons. The van der Waals surface area contributed by atoms with E-state index in [0.29, 0.717) is 21.6 Å². The number of nitrogens with zero attached hydrogens (tertiary/aromatic N) is 1. The molecule has 2 nitrogen and oxygen atoms in total. The van der Waals surface area contributed by atoms with E-state index in [9.17, 15) is 0 Å². The third kappa shape index (κ3) is 1.60. The van der Waals surface area contributed by atoms with Crippen LogP contribution >= 0.6 is 23.2 Å². The molecule has 1 saturated carbocycles. The molecule has 20 heavy (non-hydrogen) atoms. The van der Waals surface area contributed by atoms with Crippen LogP contribution in [0.15, 0.2) is 18.2 Å². The second-order valence-corrected chi connectivity index (χ2v) is 7.40. The fraction of sp³-hybridized carbons (Fsp3) is 0.625. The highest BCUT2D eigenvalue weighted by Gasteiger charge is 2.73. The van der Waals surface area contributed by atoms with Gasteiger partial charge in [0, 0.05) is 31.0 Å². The van der Waals surface area contributed by atoms with Gasteiger partial charge in [-0.2, -0.15) is 0 Å². The number of benzene rings is 1. The van der Waals surface area contributed by atoms with Crippen molar-refractivity contribution < 1.29 is 4.74 Å². The zero-order chi connectivity index (χ0) is 14.0. The van der Waals surface area contributed by atoms with Gasteiger partial charge in [0.1, 0.15) is 0 Å². The first-order valence-corrected chi connectivity index (χ1v) is 8.08. The van der Waals surface area contributed by atoms with E-state index >= 15 is 0 Å². The van der Waals surface area contributed by atoms with E-state index in [0.717, 1.165) is 6.42 Å². The molecule has 2 saturated heterocycles. The molecule has 0 aromatic heterocycles. The Morgan fingerprint density at radius 1 is 1.25 bits per heavy atom. The van der Waals surface area contributed by atoms with Crippen molar-refractivity contribution in [1.82, 2.24) is 4.90 Å². The molecule has 1 aliphatic carbocycles. The highest BCUT2D eigenvalue weighted by Crippen LogP contribution is 2.72. The molecule has 3 aliphatic rings. The predicted molar refractivity (Wildman–Crippen MR) is 81.7 cm³/mol. The molecule has 2 heterocycles. The highest BCUT2D eigenvalue weighted by atomic mass is 35.5. The molecule has 4 rings (SSSR count). The summed E-state index contributed by atoms with van der Waals surface area (Å²) in [5.74, 6) is 0. The molecule has 0 amide bonds. The van der Waals surface area contributed by atoms with Gasteiger partial charge < -0.3 is 9.64 Å². The van der Waals surface area contributed by atoms with Crippen molar-refractivity contribution in [2.75, 3.05) is 26.7 Å². The lowest BCUT2D eigenvalue weighted by Crippen LogP contribution is -2.53. The van der Waals surface area contributed by atoms with Gasteiger partial charge in [-0.25, -0.2) is 0 Å². The fourth-order valence-corrected chi connectivity index (χ4v) is 5.13. The summed E-state index contributed by atoms with van der Waals surface area (Å²) in [5.41, 5.74) is 1.92. The molecule has 3 fully saturated rings. The van der Waals surface area contributed by atoms with E-state index in [1.807, 2.05) is 13.2 Å². The normalized spacial score (nSPS) is 42.1. The number of hydrogen-bond donors (Lipinski definition) is 0.